The second kappa shape index (κ2) is 8.41. The molecule has 3 rings (SSSR count). The summed E-state index contributed by atoms with van der Waals surface area (Å²) in [5, 5.41) is 3.31. The Bertz CT molecular complexity index is 976. The normalized spacial score (nSPS) is 15.8. The second-order valence-electron chi connectivity index (χ2n) is 5.74. The number of aliphatic imine (C=N–C) groups is 1. The molecule has 0 spiro atoms. The number of carbonyl (C=O) groups excluding carboxylic acids is 1. The molecule has 0 aliphatic carbocycles. The maximum Gasteiger partial charge on any atom is 0.263 e. The minimum Gasteiger partial charge on any atom is -0.492 e. The van der Waals surface area contributed by atoms with Crippen LogP contribution in [0.1, 0.15) is 12.0 Å². The molecule has 0 bridgehead atoms. The number of nitrogens with zero attached hydrogens (tertiary/aromatic N) is 1. The van der Waals surface area contributed by atoms with E-state index in [4.69, 9.17) is 16.3 Å². The summed E-state index contributed by atoms with van der Waals surface area (Å²) in [6.45, 7) is 0.832. The van der Waals surface area contributed by atoms with Gasteiger partial charge in [0.1, 0.15) is 18.2 Å². The molecule has 2 aromatic rings. The Labute approximate surface area is 162 Å². The first-order valence-electron chi connectivity index (χ1n) is 8.27. The van der Waals surface area contributed by atoms with Crippen LogP contribution >= 0.6 is 11.6 Å². The highest BCUT2D eigenvalue weighted by molar-refractivity contribution is 7.90. The molecule has 2 aromatic carbocycles. The predicted molar refractivity (Wildman–Crippen MR) is 103 cm³/mol. The first-order valence-corrected chi connectivity index (χ1v) is 10.1. The molecule has 0 radical (unpaired) electrons. The molecule has 0 aromatic heterocycles. The molecular formula is C18H18ClN3O4S. The van der Waals surface area contributed by atoms with Gasteiger partial charge < -0.3 is 10.1 Å². The molecule has 0 fully saturated rings. The van der Waals surface area contributed by atoms with Crippen LogP contribution in [0.4, 0.5) is 0 Å². The molecular weight excluding hydrogens is 390 g/mol. The van der Waals surface area contributed by atoms with Crippen LogP contribution in [0.3, 0.4) is 0 Å². The van der Waals surface area contributed by atoms with E-state index in [2.05, 4.69) is 15.0 Å². The zero-order valence-corrected chi connectivity index (χ0v) is 15.9. The maximum absolute atomic E-state index is 12.0. The van der Waals surface area contributed by atoms with Crippen molar-refractivity contribution in [2.45, 2.75) is 11.3 Å². The van der Waals surface area contributed by atoms with Crippen molar-refractivity contribution < 1.29 is 17.9 Å². The van der Waals surface area contributed by atoms with E-state index in [-0.39, 0.29) is 29.6 Å². The lowest BCUT2D eigenvalue weighted by Gasteiger charge is -2.07. The summed E-state index contributed by atoms with van der Waals surface area (Å²) in [6.07, 6.45) is 0.143. The average Bonchev–Trinajstić information content (AvgIpc) is 2.90. The van der Waals surface area contributed by atoms with Crippen molar-refractivity contribution in [3.05, 3.63) is 59.1 Å². The molecule has 1 aliphatic rings. The van der Waals surface area contributed by atoms with Crippen molar-refractivity contribution in [2.24, 2.45) is 4.99 Å². The molecule has 1 amide bonds. The number of benzene rings is 2. The summed E-state index contributed by atoms with van der Waals surface area (Å²) >= 11 is 5.86. The quantitative estimate of drug-likeness (QED) is 0.685. The maximum atomic E-state index is 12.0. The van der Waals surface area contributed by atoms with Gasteiger partial charge in [0, 0.05) is 17.0 Å². The molecule has 0 saturated heterocycles. The SMILES string of the molecule is O=C(CCN=C1NS(=O)(=O)c2ccccc21)NCCOc1cccc(Cl)c1. The number of hydrogen-bond acceptors (Lipinski definition) is 5. The van der Waals surface area contributed by atoms with Crippen molar-refractivity contribution in [1.82, 2.24) is 10.0 Å². The van der Waals surface area contributed by atoms with E-state index in [1.807, 2.05) is 0 Å². The van der Waals surface area contributed by atoms with E-state index in [1.165, 1.54) is 6.07 Å². The number of fused-ring (bicyclic) bond motifs is 1. The summed E-state index contributed by atoms with van der Waals surface area (Å²) in [7, 11) is -3.56. The lowest BCUT2D eigenvalue weighted by atomic mass is 10.2. The fourth-order valence-corrected chi connectivity index (χ4v) is 3.96. The Balaban J connectivity index is 1.43. The first kappa shape index (κ1) is 19.2. The van der Waals surface area contributed by atoms with E-state index in [9.17, 15) is 13.2 Å². The molecule has 1 aliphatic heterocycles. The van der Waals surface area contributed by atoms with Crippen molar-refractivity contribution in [3.8, 4) is 5.75 Å². The van der Waals surface area contributed by atoms with Crippen molar-refractivity contribution >= 4 is 33.4 Å². The van der Waals surface area contributed by atoms with Crippen LogP contribution in [0, 0.1) is 0 Å². The van der Waals surface area contributed by atoms with Crippen LogP contribution in [0.15, 0.2) is 58.4 Å². The van der Waals surface area contributed by atoms with Crippen LogP contribution in [0.2, 0.25) is 5.02 Å². The highest BCUT2D eigenvalue weighted by Gasteiger charge is 2.29. The van der Waals surface area contributed by atoms with Crippen molar-refractivity contribution in [2.75, 3.05) is 19.7 Å². The third kappa shape index (κ3) is 4.99. The Morgan fingerprint density at radius 2 is 2.00 bits per heavy atom. The lowest BCUT2D eigenvalue weighted by molar-refractivity contribution is -0.120. The van der Waals surface area contributed by atoms with E-state index in [1.54, 1.807) is 42.5 Å². The molecule has 0 saturated carbocycles. The molecule has 27 heavy (non-hydrogen) atoms. The number of sulfonamides is 1. The van der Waals surface area contributed by atoms with Gasteiger partial charge >= 0.3 is 0 Å². The van der Waals surface area contributed by atoms with Crippen LogP contribution in [-0.4, -0.2) is 39.9 Å². The molecule has 142 valence electrons. The number of amides is 1. The summed E-state index contributed by atoms with van der Waals surface area (Å²) < 4.78 is 31.8. The number of rotatable bonds is 7. The third-order valence-electron chi connectivity index (χ3n) is 3.76. The number of nitrogens with one attached hydrogen (secondary N) is 2. The third-order valence-corrected chi connectivity index (χ3v) is 5.39. The van der Waals surface area contributed by atoms with E-state index < -0.39 is 10.0 Å². The summed E-state index contributed by atoms with van der Waals surface area (Å²) in [5.41, 5.74) is 0.521. The van der Waals surface area contributed by atoms with Crippen LogP contribution in [0.25, 0.3) is 0 Å². The Morgan fingerprint density at radius 1 is 1.19 bits per heavy atom. The Kier molecular flexibility index (Phi) is 5.98. The Hall–Kier alpha value is -2.58. The van der Waals surface area contributed by atoms with Gasteiger partial charge in [-0.3, -0.25) is 14.5 Å². The van der Waals surface area contributed by atoms with E-state index in [0.29, 0.717) is 29.5 Å². The zero-order valence-electron chi connectivity index (χ0n) is 14.3. The minimum absolute atomic E-state index is 0.143. The number of halogens is 1. The summed E-state index contributed by atoms with van der Waals surface area (Å²) in [6, 6.07) is 13.6. The lowest BCUT2D eigenvalue weighted by Crippen LogP contribution is -2.28. The van der Waals surface area contributed by atoms with Gasteiger partial charge in [-0.25, -0.2) is 8.42 Å². The fraction of sp³-hybridized carbons (Fsp3) is 0.222. The van der Waals surface area contributed by atoms with Crippen LogP contribution in [-0.2, 0) is 14.8 Å². The molecule has 7 nitrogen and oxygen atoms in total. The van der Waals surface area contributed by atoms with Gasteiger partial charge in [0.25, 0.3) is 10.0 Å². The summed E-state index contributed by atoms with van der Waals surface area (Å²) in [5.74, 6) is 0.709. The number of carbonyl (C=O) groups is 1. The first-order chi connectivity index (χ1) is 13.0. The van der Waals surface area contributed by atoms with Gasteiger partial charge in [0.05, 0.1) is 18.0 Å². The van der Waals surface area contributed by atoms with Gasteiger partial charge in [-0.1, -0.05) is 29.8 Å². The zero-order chi connectivity index (χ0) is 19.3. The topological polar surface area (TPSA) is 96.9 Å². The summed E-state index contributed by atoms with van der Waals surface area (Å²) in [4.78, 5) is 16.3. The smallest absolute Gasteiger partial charge is 0.263 e. The van der Waals surface area contributed by atoms with Crippen molar-refractivity contribution in [3.63, 3.8) is 0 Å². The van der Waals surface area contributed by atoms with E-state index in [0.717, 1.165) is 0 Å². The van der Waals surface area contributed by atoms with Gasteiger partial charge in [-0.15, -0.1) is 0 Å². The number of ether oxygens (including phenoxy) is 1. The van der Waals surface area contributed by atoms with Gasteiger partial charge in [0.15, 0.2) is 0 Å². The molecule has 2 N–H and O–H groups in total. The van der Waals surface area contributed by atoms with E-state index >= 15 is 0 Å². The highest BCUT2D eigenvalue weighted by Crippen LogP contribution is 2.22. The second-order valence-corrected chi connectivity index (χ2v) is 7.83. The standard InChI is InChI=1S/C18H18ClN3O4S/c19-13-4-3-5-14(12-13)26-11-10-20-17(23)8-9-21-18-15-6-1-2-7-16(15)27(24,25)22-18/h1-7,12H,8-11H2,(H,20,23)(H,21,22). The van der Waals surface area contributed by atoms with Crippen molar-refractivity contribution in [1.29, 1.82) is 0 Å². The largest absolute Gasteiger partial charge is 0.492 e. The minimum atomic E-state index is -3.56. The molecule has 1 heterocycles. The molecule has 0 unspecified atom stereocenters. The molecule has 0 atom stereocenters. The highest BCUT2D eigenvalue weighted by atomic mass is 35.5. The average molecular weight is 408 g/mol. The predicted octanol–water partition coefficient (Wildman–Crippen LogP) is 1.96. The van der Waals surface area contributed by atoms with Crippen LogP contribution in [0.5, 0.6) is 5.75 Å². The number of hydrogen-bond donors (Lipinski definition) is 2. The van der Waals surface area contributed by atoms with Crippen LogP contribution < -0.4 is 14.8 Å². The van der Waals surface area contributed by atoms with Gasteiger partial charge in [0.2, 0.25) is 5.91 Å². The van der Waals surface area contributed by atoms with Gasteiger partial charge in [-0.2, -0.15) is 0 Å². The fourth-order valence-electron chi connectivity index (χ4n) is 2.53. The van der Waals surface area contributed by atoms with Gasteiger partial charge in [-0.05, 0) is 30.3 Å². The number of amidine groups is 1. The molecule has 9 heteroatoms. The Morgan fingerprint density at radius 3 is 2.81 bits per heavy atom. The monoisotopic (exact) mass is 407 g/mol.